The molecule has 1 aliphatic rings. The maximum atomic E-state index is 13.3. The zero-order valence-electron chi connectivity index (χ0n) is 19.2. The van der Waals surface area contributed by atoms with Crippen molar-refractivity contribution in [2.45, 2.75) is 18.6 Å². The van der Waals surface area contributed by atoms with Crippen LogP contribution in [0.25, 0.3) is 0 Å². The van der Waals surface area contributed by atoms with E-state index in [1.807, 2.05) is 0 Å². The van der Waals surface area contributed by atoms with E-state index >= 15 is 0 Å². The molecule has 184 valence electrons. The molecule has 4 rings (SSSR count). The van der Waals surface area contributed by atoms with Gasteiger partial charge in [0.25, 0.3) is 11.8 Å². The number of ether oxygens (including phenoxy) is 2. The highest BCUT2D eigenvalue weighted by Gasteiger charge is 2.34. The molecule has 3 aromatic rings. The largest absolute Gasteiger partial charge is 0.493 e. The molecule has 0 saturated heterocycles. The Morgan fingerprint density at radius 2 is 1.69 bits per heavy atom. The molecule has 1 unspecified atom stereocenters. The van der Waals surface area contributed by atoms with Gasteiger partial charge in [0.1, 0.15) is 0 Å². The molecule has 35 heavy (non-hydrogen) atoms. The summed E-state index contributed by atoms with van der Waals surface area (Å²) in [5.74, 6) is 0.127. The number of aromatic nitrogens is 2. The van der Waals surface area contributed by atoms with Gasteiger partial charge in [-0.15, -0.1) is 0 Å². The third-order valence-corrected chi connectivity index (χ3v) is 5.88. The fourth-order valence-electron chi connectivity index (χ4n) is 4.09. The number of nitrogens with one attached hydrogen (secondary N) is 1. The summed E-state index contributed by atoms with van der Waals surface area (Å²) in [7, 11) is 4.68. The van der Waals surface area contributed by atoms with Crippen molar-refractivity contribution in [3.8, 4) is 11.5 Å². The van der Waals surface area contributed by atoms with Gasteiger partial charge in [0.05, 0.1) is 43.4 Å². The molecule has 0 bridgehead atoms. The Kier molecular flexibility index (Phi) is 6.42. The first-order valence-electron chi connectivity index (χ1n) is 10.7. The zero-order valence-corrected chi connectivity index (χ0v) is 19.2. The van der Waals surface area contributed by atoms with Gasteiger partial charge in [0.2, 0.25) is 0 Å². The van der Waals surface area contributed by atoms with Crippen LogP contribution >= 0.6 is 0 Å². The second-order valence-electron chi connectivity index (χ2n) is 7.96. The van der Waals surface area contributed by atoms with E-state index < -0.39 is 23.7 Å². The summed E-state index contributed by atoms with van der Waals surface area (Å²) in [4.78, 5) is 27.6. The normalized spacial score (nSPS) is 15.4. The standard InChI is InChI=1S/C24H23F3N4O4/c1-30-21-17(29-22(32)14-4-7-16(8-5-14)24(25,26)27)10-11-31(18(21)13-28-30)23(33)15-6-9-19(34-2)20(12-15)35-3/h4-9,12-13,17H,10-11H2,1-3H3,(H,29,32). The minimum Gasteiger partial charge on any atom is -0.493 e. The number of methoxy groups -OCH3 is 2. The summed E-state index contributed by atoms with van der Waals surface area (Å²) in [6, 6.07) is 8.41. The Morgan fingerprint density at radius 1 is 1.03 bits per heavy atom. The van der Waals surface area contributed by atoms with E-state index in [-0.39, 0.29) is 11.5 Å². The van der Waals surface area contributed by atoms with Crippen molar-refractivity contribution in [2.24, 2.45) is 7.05 Å². The van der Waals surface area contributed by atoms with Crippen LogP contribution in [0.2, 0.25) is 0 Å². The highest BCUT2D eigenvalue weighted by atomic mass is 19.4. The minimum absolute atomic E-state index is 0.102. The van der Waals surface area contributed by atoms with E-state index in [1.165, 1.54) is 14.2 Å². The molecular weight excluding hydrogens is 465 g/mol. The fourth-order valence-corrected chi connectivity index (χ4v) is 4.09. The van der Waals surface area contributed by atoms with Crippen LogP contribution in [0.3, 0.4) is 0 Å². The van der Waals surface area contributed by atoms with Crippen LogP contribution in [0.5, 0.6) is 11.5 Å². The Morgan fingerprint density at radius 3 is 2.31 bits per heavy atom. The summed E-state index contributed by atoms with van der Waals surface area (Å²) < 4.78 is 50.5. The number of aryl methyl sites for hydroxylation is 1. The molecular formula is C24H23F3N4O4. The van der Waals surface area contributed by atoms with Crippen molar-refractivity contribution >= 4 is 17.5 Å². The smallest absolute Gasteiger partial charge is 0.416 e. The average molecular weight is 488 g/mol. The first-order chi connectivity index (χ1) is 16.6. The third kappa shape index (κ3) is 4.66. The number of carbonyl (C=O) groups excluding carboxylic acids is 2. The second kappa shape index (κ2) is 9.32. The SMILES string of the molecule is COc1ccc(C(=O)N2CCC(NC(=O)c3ccc(C(F)(F)F)cc3)c3c2cnn3C)cc1OC. The topological polar surface area (TPSA) is 85.7 Å². The van der Waals surface area contributed by atoms with E-state index in [4.69, 9.17) is 9.47 Å². The monoisotopic (exact) mass is 488 g/mol. The summed E-state index contributed by atoms with van der Waals surface area (Å²) in [6.45, 7) is 0.295. The van der Waals surface area contributed by atoms with Crippen molar-refractivity contribution < 1.29 is 32.2 Å². The summed E-state index contributed by atoms with van der Waals surface area (Å²) >= 11 is 0. The van der Waals surface area contributed by atoms with Gasteiger partial charge in [0, 0.05) is 24.7 Å². The van der Waals surface area contributed by atoms with Crippen LogP contribution in [0.4, 0.5) is 18.9 Å². The van der Waals surface area contributed by atoms with Gasteiger partial charge < -0.3 is 19.7 Å². The molecule has 2 heterocycles. The number of anilines is 1. The van der Waals surface area contributed by atoms with Crippen LogP contribution in [-0.4, -0.2) is 42.4 Å². The van der Waals surface area contributed by atoms with Crippen LogP contribution in [0, 0.1) is 0 Å². The summed E-state index contributed by atoms with van der Waals surface area (Å²) in [5, 5.41) is 7.11. The fraction of sp³-hybridized carbons (Fsp3) is 0.292. The number of hydrogen-bond donors (Lipinski definition) is 1. The predicted octanol–water partition coefficient (Wildman–Crippen LogP) is 3.98. The molecule has 2 amide bonds. The Hall–Kier alpha value is -4.02. The number of nitrogens with zero attached hydrogens (tertiary/aromatic N) is 3. The van der Waals surface area contributed by atoms with Crippen LogP contribution in [-0.2, 0) is 13.2 Å². The molecule has 0 spiro atoms. The quantitative estimate of drug-likeness (QED) is 0.587. The highest BCUT2D eigenvalue weighted by molar-refractivity contribution is 6.07. The van der Waals surface area contributed by atoms with Gasteiger partial charge in [-0.05, 0) is 48.9 Å². The molecule has 1 aliphatic heterocycles. The molecule has 11 heteroatoms. The van der Waals surface area contributed by atoms with Gasteiger partial charge in [-0.25, -0.2) is 0 Å². The Bertz CT molecular complexity index is 1250. The molecule has 0 saturated carbocycles. The van der Waals surface area contributed by atoms with Crippen LogP contribution in [0.1, 0.15) is 44.4 Å². The number of fused-ring (bicyclic) bond motifs is 1. The van der Waals surface area contributed by atoms with Crippen molar-refractivity contribution in [2.75, 3.05) is 25.7 Å². The molecule has 1 aromatic heterocycles. The van der Waals surface area contributed by atoms with Crippen LogP contribution < -0.4 is 19.7 Å². The molecule has 2 aromatic carbocycles. The Labute approximate surface area is 199 Å². The maximum absolute atomic E-state index is 13.3. The number of halogens is 3. The number of amides is 2. The van der Waals surface area contributed by atoms with E-state index in [1.54, 1.807) is 41.0 Å². The lowest BCUT2D eigenvalue weighted by atomic mass is 10.0. The number of alkyl halides is 3. The van der Waals surface area contributed by atoms with E-state index in [0.29, 0.717) is 41.4 Å². The average Bonchev–Trinajstić information content (AvgIpc) is 3.24. The van der Waals surface area contributed by atoms with E-state index in [0.717, 1.165) is 24.3 Å². The number of carbonyl (C=O) groups is 2. The molecule has 0 radical (unpaired) electrons. The van der Waals surface area contributed by atoms with Crippen molar-refractivity contribution in [1.29, 1.82) is 0 Å². The summed E-state index contributed by atoms with van der Waals surface area (Å²) in [6.07, 6.45) is -2.55. The van der Waals surface area contributed by atoms with Crippen molar-refractivity contribution in [3.05, 3.63) is 71.0 Å². The van der Waals surface area contributed by atoms with Gasteiger partial charge >= 0.3 is 6.18 Å². The number of hydrogen-bond acceptors (Lipinski definition) is 5. The molecule has 8 nitrogen and oxygen atoms in total. The molecule has 1 N–H and O–H groups in total. The van der Waals surface area contributed by atoms with Gasteiger partial charge in [-0.2, -0.15) is 18.3 Å². The van der Waals surface area contributed by atoms with Gasteiger partial charge in [-0.3, -0.25) is 14.3 Å². The Balaban J connectivity index is 1.56. The molecule has 0 aliphatic carbocycles. The summed E-state index contributed by atoms with van der Waals surface area (Å²) in [5.41, 5.74) is 0.821. The van der Waals surface area contributed by atoms with Gasteiger partial charge in [0.15, 0.2) is 11.5 Å². The third-order valence-electron chi connectivity index (χ3n) is 5.88. The number of benzene rings is 2. The van der Waals surface area contributed by atoms with Gasteiger partial charge in [-0.1, -0.05) is 0 Å². The number of rotatable bonds is 5. The van der Waals surface area contributed by atoms with Crippen LogP contribution in [0.15, 0.2) is 48.7 Å². The zero-order chi connectivity index (χ0) is 25.3. The lowest BCUT2D eigenvalue weighted by molar-refractivity contribution is -0.137. The first-order valence-corrected chi connectivity index (χ1v) is 10.7. The maximum Gasteiger partial charge on any atom is 0.416 e. The second-order valence-corrected chi connectivity index (χ2v) is 7.96. The predicted molar refractivity (Wildman–Crippen MR) is 121 cm³/mol. The molecule has 1 atom stereocenters. The minimum atomic E-state index is -4.48. The first kappa shape index (κ1) is 24.1. The van der Waals surface area contributed by atoms with E-state index in [2.05, 4.69) is 10.4 Å². The van der Waals surface area contributed by atoms with Crippen molar-refractivity contribution in [3.63, 3.8) is 0 Å². The molecule has 0 fully saturated rings. The van der Waals surface area contributed by atoms with Crippen molar-refractivity contribution in [1.82, 2.24) is 15.1 Å². The highest BCUT2D eigenvalue weighted by Crippen LogP contribution is 2.36. The lowest BCUT2D eigenvalue weighted by Gasteiger charge is -2.32. The van der Waals surface area contributed by atoms with E-state index in [9.17, 15) is 22.8 Å². The lowest BCUT2D eigenvalue weighted by Crippen LogP contribution is -2.41.